The summed E-state index contributed by atoms with van der Waals surface area (Å²) in [5.41, 5.74) is 10.1. The molecule has 5 nitrogen and oxygen atoms in total. The lowest BCUT2D eigenvalue weighted by molar-refractivity contribution is -0.165. The van der Waals surface area contributed by atoms with E-state index in [4.69, 9.17) is 19.9 Å². The fourth-order valence-electron chi connectivity index (χ4n) is 5.42. The monoisotopic (exact) mass is 430 g/mol. The van der Waals surface area contributed by atoms with Crippen LogP contribution in [-0.2, 0) is 22.3 Å². The molecule has 3 aliphatic rings. The summed E-state index contributed by atoms with van der Waals surface area (Å²) in [6, 6.07) is 4.76. The molecule has 2 heterocycles. The minimum Gasteiger partial charge on any atom is -0.491 e. The van der Waals surface area contributed by atoms with Crippen molar-refractivity contribution in [3.05, 3.63) is 28.8 Å². The summed E-state index contributed by atoms with van der Waals surface area (Å²) in [7, 11) is 0. The number of fused-ring (bicyclic) bond motifs is 1. The van der Waals surface area contributed by atoms with Gasteiger partial charge in [0.05, 0.1) is 6.61 Å². The number of hydrogen-bond donors (Lipinski definition) is 1. The molecule has 2 aliphatic heterocycles. The lowest BCUT2D eigenvalue weighted by Gasteiger charge is -2.34. The maximum atomic E-state index is 6.48. The molecular formula is C26H42N2O3. The highest BCUT2D eigenvalue weighted by molar-refractivity contribution is 5.49. The molecule has 5 heteroatoms. The van der Waals surface area contributed by atoms with Crippen molar-refractivity contribution in [3.8, 4) is 5.75 Å². The van der Waals surface area contributed by atoms with Crippen molar-refractivity contribution in [2.75, 3.05) is 46.0 Å². The van der Waals surface area contributed by atoms with Gasteiger partial charge in [-0.3, -0.25) is 0 Å². The number of likely N-dealkylation sites (tertiary alicyclic amines) is 1. The molecule has 1 aromatic carbocycles. The van der Waals surface area contributed by atoms with Gasteiger partial charge in [-0.15, -0.1) is 0 Å². The normalized spacial score (nSPS) is 22.9. The Balaban J connectivity index is 1.36. The molecule has 1 aliphatic carbocycles. The van der Waals surface area contributed by atoms with Crippen molar-refractivity contribution >= 4 is 0 Å². The molecule has 2 saturated heterocycles. The first-order valence-corrected chi connectivity index (χ1v) is 12.8. The number of hydrogen-bond acceptors (Lipinski definition) is 5. The Morgan fingerprint density at radius 1 is 0.968 bits per heavy atom. The number of nitrogens with two attached hydrogens (primary N) is 1. The minimum atomic E-state index is -0.0369. The van der Waals surface area contributed by atoms with Gasteiger partial charge in [-0.2, -0.15) is 0 Å². The second kappa shape index (κ2) is 12.2. The summed E-state index contributed by atoms with van der Waals surface area (Å²) in [5, 5.41) is 0. The number of rotatable bonds is 10. The molecule has 174 valence electrons. The number of ether oxygens (including phenoxy) is 3. The Morgan fingerprint density at radius 3 is 2.65 bits per heavy atom. The first-order valence-electron chi connectivity index (χ1n) is 12.8. The summed E-state index contributed by atoms with van der Waals surface area (Å²) in [4.78, 5) is 2.61. The molecule has 1 aromatic rings. The molecule has 4 rings (SSSR count). The zero-order valence-corrected chi connectivity index (χ0v) is 19.3. The summed E-state index contributed by atoms with van der Waals surface area (Å²) in [6.45, 7) is 6.42. The van der Waals surface area contributed by atoms with Crippen LogP contribution in [0.15, 0.2) is 12.1 Å². The minimum absolute atomic E-state index is 0.0369. The molecule has 0 aromatic heterocycles. The van der Waals surface area contributed by atoms with Gasteiger partial charge in [-0.05, 0) is 119 Å². The maximum Gasteiger partial charge on any atom is 0.157 e. The summed E-state index contributed by atoms with van der Waals surface area (Å²) < 4.78 is 18.1. The molecule has 0 amide bonds. The van der Waals surface area contributed by atoms with E-state index in [1.807, 2.05) is 0 Å². The van der Waals surface area contributed by atoms with Gasteiger partial charge in [0.1, 0.15) is 12.4 Å². The van der Waals surface area contributed by atoms with Crippen LogP contribution < -0.4 is 10.5 Å². The van der Waals surface area contributed by atoms with E-state index in [-0.39, 0.29) is 6.29 Å². The summed E-state index contributed by atoms with van der Waals surface area (Å²) in [5.74, 6) is 1.79. The SMILES string of the molecule is NCCCCN1CCC(c2ccc3c(c2OCCOC2CCCCO2)CCCC3)CC1. The highest BCUT2D eigenvalue weighted by Crippen LogP contribution is 2.40. The van der Waals surface area contributed by atoms with Gasteiger partial charge >= 0.3 is 0 Å². The molecule has 31 heavy (non-hydrogen) atoms. The second-order valence-corrected chi connectivity index (χ2v) is 9.46. The Kier molecular flexibility index (Phi) is 9.06. The Morgan fingerprint density at radius 2 is 1.84 bits per heavy atom. The Hall–Kier alpha value is -1.14. The predicted octanol–water partition coefficient (Wildman–Crippen LogP) is 4.41. The number of aryl methyl sites for hydroxylation is 1. The van der Waals surface area contributed by atoms with E-state index in [0.717, 1.165) is 38.8 Å². The van der Waals surface area contributed by atoms with Crippen LogP contribution in [-0.4, -0.2) is 57.2 Å². The first-order chi connectivity index (χ1) is 15.3. The van der Waals surface area contributed by atoms with Gasteiger partial charge < -0.3 is 24.8 Å². The van der Waals surface area contributed by atoms with Crippen LogP contribution in [0, 0.1) is 0 Å². The standard InChI is InChI=1S/C26H42N2O3/c27-14-4-5-15-28-16-12-22(13-17-28)24-11-10-21-7-1-2-8-23(21)26(24)31-20-19-30-25-9-3-6-18-29-25/h10-11,22,25H,1-9,12-20,27H2. The third kappa shape index (κ3) is 6.44. The van der Waals surface area contributed by atoms with E-state index in [2.05, 4.69) is 17.0 Å². The average Bonchev–Trinajstić information content (AvgIpc) is 2.83. The molecule has 2 N–H and O–H groups in total. The summed E-state index contributed by atoms with van der Waals surface area (Å²) in [6.07, 6.45) is 13.1. The lowest BCUT2D eigenvalue weighted by Crippen LogP contribution is -2.34. The summed E-state index contributed by atoms with van der Waals surface area (Å²) >= 11 is 0. The second-order valence-electron chi connectivity index (χ2n) is 9.46. The van der Waals surface area contributed by atoms with E-state index in [9.17, 15) is 0 Å². The van der Waals surface area contributed by atoms with Crippen LogP contribution >= 0.6 is 0 Å². The van der Waals surface area contributed by atoms with Crippen LogP contribution in [0.2, 0.25) is 0 Å². The van der Waals surface area contributed by atoms with Gasteiger partial charge in [0, 0.05) is 6.61 Å². The maximum absolute atomic E-state index is 6.48. The van der Waals surface area contributed by atoms with Gasteiger partial charge in [0.25, 0.3) is 0 Å². The zero-order chi connectivity index (χ0) is 21.3. The fourth-order valence-corrected chi connectivity index (χ4v) is 5.42. The smallest absolute Gasteiger partial charge is 0.157 e. The number of unbranched alkanes of at least 4 members (excludes halogenated alkanes) is 1. The fraction of sp³-hybridized carbons (Fsp3) is 0.769. The number of piperidine rings is 1. The molecule has 0 radical (unpaired) electrons. The molecular weight excluding hydrogens is 388 g/mol. The quantitative estimate of drug-likeness (QED) is 0.558. The first kappa shape index (κ1) is 23.0. The van der Waals surface area contributed by atoms with Gasteiger partial charge in [0.2, 0.25) is 0 Å². The van der Waals surface area contributed by atoms with E-state index >= 15 is 0 Å². The van der Waals surface area contributed by atoms with Crippen molar-refractivity contribution in [3.63, 3.8) is 0 Å². The highest BCUT2D eigenvalue weighted by Gasteiger charge is 2.26. The van der Waals surface area contributed by atoms with Crippen LogP contribution in [0.1, 0.15) is 80.4 Å². The van der Waals surface area contributed by atoms with Gasteiger partial charge in [-0.25, -0.2) is 0 Å². The molecule has 0 saturated carbocycles. The van der Waals surface area contributed by atoms with Crippen molar-refractivity contribution in [2.24, 2.45) is 5.73 Å². The molecule has 1 unspecified atom stereocenters. The zero-order valence-electron chi connectivity index (χ0n) is 19.3. The molecule has 1 atom stereocenters. The van der Waals surface area contributed by atoms with E-state index in [1.165, 1.54) is 87.0 Å². The number of nitrogens with zero attached hydrogens (tertiary/aromatic N) is 1. The van der Waals surface area contributed by atoms with Crippen LogP contribution in [0.5, 0.6) is 5.75 Å². The average molecular weight is 431 g/mol. The molecule has 0 bridgehead atoms. The number of benzene rings is 1. The third-order valence-electron chi connectivity index (χ3n) is 7.24. The lowest BCUT2D eigenvalue weighted by atomic mass is 9.83. The van der Waals surface area contributed by atoms with Gasteiger partial charge in [0.15, 0.2) is 6.29 Å². The van der Waals surface area contributed by atoms with Crippen LogP contribution in [0.25, 0.3) is 0 Å². The van der Waals surface area contributed by atoms with Crippen molar-refractivity contribution in [1.82, 2.24) is 4.90 Å². The predicted molar refractivity (Wildman–Crippen MR) is 125 cm³/mol. The van der Waals surface area contributed by atoms with Crippen LogP contribution in [0.3, 0.4) is 0 Å². The van der Waals surface area contributed by atoms with Crippen molar-refractivity contribution in [1.29, 1.82) is 0 Å². The van der Waals surface area contributed by atoms with Gasteiger partial charge in [-0.1, -0.05) is 12.1 Å². The highest BCUT2D eigenvalue weighted by atomic mass is 16.7. The van der Waals surface area contributed by atoms with E-state index in [1.54, 1.807) is 0 Å². The topological polar surface area (TPSA) is 57.0 Å². The van der Waals surface area contributed by atoms with Crippen molar-refractivity contribution in [2.45, 2.75) is 82.8 Å². The molecule has 2 fully saturated rings. The largest absolute Gasteiger partial charge is 0.491 e. The molecule has 0 spiro atoms. The Bertz CT molecular complexity index is 667. The Labute approximate surface area is 188 Å². The third-order valence-corrected chi connectivity index (χ3v) is 7.24. The van der Waals surface area contributed by atoms with E-state index < -0.39 is 0 Å². The van der Waals surface area contributed by atoms with E-state index in [0.29, 0.717) is 19.1 Å². The van der Waals surface area contributed by atoms with Crippen LogP contribution in [0.4, 0.5) is 0 Å². The van der Waals surface area contributed by atoms with Crippen molar-refractivity contribution < 1.29 is 14.2 Å².